The van der Waals surface area contributed by atoms with Crippen molar-refractivity contribution in [1.29, 1.82) is 0 Å². The van der Waals surface area contributed by atoms with Crippen LogP contribution in [0, 0.1) is 0 Å². The Kier molecular flexibility index (Phi) is 6.64. The molecule has 0 unspecified atom stereocenters. The Morgan fingerprint density at radius 2 is 1.83 bits per heavy atom. The lowest BCUT2D eigenvalue weighted by Crippen LogP contribution is -2.32. The van der Waals surface area contributed by atoms with Crippen molar-refractivity contribution in [1.82, 2.24) is 5.06 Å². The average Bonchev–Trinajstić information content (AvgIpc) is 2.05. The van der Waals surface area contributed by atoms with Crippen LogP contribution in [0.4, 0.5) is 0 Å². The van der Waals surface area contributed by atoms with Crippen molar-refractivity contribution >= 4 is 5.97 Å². The van der Waals surface area contributed by atoms with Crippen LogP contribution in [0.15, 0.2) is 0 Å². The highest BCUT2D eigenvalue weighted by Gasteiger charge is 2.08. The van der Waals surface area contributed by atoms with Gasteiger partial charge in [-0.25, -0.2) is 0 Å². The van der Waals surface area contributed by atoms with E-state index in [-0.39, 0.29) is 38.7 Å². The predicted octanol–water partition coefficient (Wildman–Crippen LogP) is -0.859. The topological polar surface area (TPSA) is 70.0 Å². The van der Waals surface area contributed by atoms with E-state index in [0.29, 0.717) is 0 Å². The average molecular weight is 177 g/mol. The second-order valence-corrected chi connectivity index (χ2v) is 2.19. The minimum atomic E-state index is -0.364. The van der Waals surface area contributed by atoms with Gasteiger partial charge in [-0.3, -0.25) is 4.79 Å². The molecule has 0 saturated heterocycles. The van der Waals surface area contributed by atoms with E-state index in [4.69, 9.17) is 15.1 Å². The molecule has 0 spiro atoms. The first kappa shape index (κ1) is 11.4. The van der Waals surface area contributed by atoms with Gasteiger partial charge < -0.3 is 15.1 Å². The van der Waals surface area contributed by atoms with E-state index in [2.05, 4.69) is 0 Å². The van der Waals surface area contributed by atoms with Gasteiger partial charge in [0.25, 0.3) is 0 Å². The second-order valence-electron chi connectivity index (χ2n) is 2.19. The molecule has 0 aliphatic rings. The van der Waals surface area contributed by atoms with Crippen LogP contribution >= 0.6 is 0 Å². The lowest BCUT2D eigenvalue weighted by Gasteiger charge is -2.18. The van der Waals surface area contributed by atoms with Gasteiger partial charge in [0.05, 0.1) is 26.3 Å². The van der Waals surface area contributed by atoms with E-state index in [1.54, 1.807) is 6.92 Å². The Balaban J connectivity index is 3.68. The van der Waals surface area contributed by atoms with E-state index in [0.717, 1.165) is 0 Å². The molecule has 0 bridgehead atoms. The van der Waals surface area contributed by atoms with Crippen LogP contribution in [0.1, 0.15) is 13.3 Å². The number of hydrogen-bond acceptors (Lipinski definition) is 5. The Morgan fingerprint density at radius 1 is 1.33 bits per heavy atom. The molecule has 0 saturated carbocycles. The maximum atomic E-state index is 10.7. The maximum absolute atomic E-state index is 10.7. The molecular formula is C7H15NO4. The molecule has 0 amide bonds. The van der Waals surface area contributed by atoms with E-state index in [1.165, 1.54) is 5.06 Å². The molecule has 0 aliphatic carbocycles. The summed E-state index contributed by atoms with van der Waals surface area (Å²) in [7, 11) is 0. The summed E-state index contributed by atoms with van der Waals surface area (Å²) in [6.07, 6.45) is 0.285. The smallest absolute Gasteiger partial charge is 0.324 e. The van der Waals surface area contributed by atoms with Crippen molar-refractivity contribution < 1.29 is 19.8 Å². The highest BCUT2D eigenvalue weighted by atomic mass is 16.7. The number of aliphatic hydroxyl groups is 2. The fraction of sp³-hybridized carbons (Fsp3) is 0.857. The second kappa shape index (κ2) is 7.02. The fourth-order valence-corrected chi connectivity index (χ4v) is 0.635. The van der Waals surface area contributed by atoms with Gasteiger partial charge in [-0.1, -0.05) is 6.92 Å². The first-order valence-corrected chi connectivity index (χ1v) is 3.92. The predicted molar refractivity (Wildman–Crippen MR) is 42.1 cm³/mol. The van der Waals surface area contributed by atoms with Crippen LogP contribution in [0.3, 0.4) is 0 Å². The molecule has 0 aliphatic heterocycles. The molecule has 2 N–H and O–H groups in total. The third kappa shape index (κ3) is 5.06. The van der Waals surface area contributed by atoms with Crippen LogP contribution in [0.5, 0.6) is 0 Å². The Morgan fingerprint density at radius 3 is 2.17 bits per heavy atom. The highest BCUT2D eigenvalue weighted by molar-refractivity contribution is 5.68. The van der Waals surface area contributed by atoms with Crippen molar-refractivity contribution in [3.8, 4) is 0 Å². The summed E-state index contributed by atoms with van der Waals surface area (Å²) in [6.45, 7) is 1.94. The summed E-state index contributed by atoms with van der Waals surface area (Å²) in [5.41, 5.74) is 0. The zero-order valence-corrected chi connectivity index (χ0v) is 7.19. The summed E-state index contributed by atoms with van der Waals surface area (Å²) in [6, 6.07) is 0. The van der Waals surface area contributed by atoms with Gasteiger partial charge in [-0.05, 0) is 0 Å². The zero-order valence-electron chi connectivity index (χ0n) is 7.19. The monoisotopic (exact) mass is 177 g/mol. The van der Waals surface area contributed by atoms with Gasteiger partial charge in [-0.15, -0.1) is 5.06 Å². The number of rotatable bonds is 6. The minimum absolute atomic E-state index is 0.100. The van der Waals surface area contributed by atoms with Gasteiger partial charge in [0.1, 0.15) is 0 Å². The number of carbonyl (C=O) groups is 1. The molecule has 0 radical (unpaired) electrons. The molecule has 0 aromatic heterocycles. The molecule has 5 heteroatoms. The summed E-state index contributed by atoms with van der Waals surface area (Å²) >= 11 is 0. The number of nitrogens with zero attached hydrogens (tertiary/aromatic N) is 1. The molecule has 0 fully saturated rings. The van der Waals surface area contributed by atoms with E-state index in [1.807, 2.05) is 0 Å². The first-order chi connectivity index (χ1) is 5.74. The molecular weight excluding hydrogens is 162 g/mol. The summed E-state index contributed by atoms with van der Waals surface area (Å²) in [5.74, 6) is -0.364. The van der Waals surface area contributed by atoms with Crippen LogP contribution in [0.25, 0.3) is 0 Å². The Labute approximate surface area is 71.5 Å². The van der Waals surface area contributed by atoms with Crippen molar-refractivity contribution in [3.05, 3.63) is 0 Å². The molecule has 0 aromatic carbocycles. The maximum Gasteiger partial charge on any atom is 0.324 e. The molecule has 0 rings (SSSR count). The van der Waals surface area contributed by atoms with Gasteiger partial charge in [0, 0.05) is 6.42 Å². The largest absolute Gasteiger partial charge is 0.395 e. The summed E-state index contributed by atoms with van der Waals surface area (Å²) < 4.78 is 0. The zero-order chi connectivity index (χ0) is 9.40. The van der Waals surface area contributed by atoms with Crippen LogP contribution in [0.2, 0.25) is 0 Å². The number of aliphatic hydroxyl groups excluding tert-OH is 2. The minimum Gasteiger partial charge on any atom is -0.395 e. The van der Waals surface area contributed by atoms with Crippen molar-refractivity contribution in [3.63, 3.8) is 0 Å². The van der Waals surface area contributed by atoms with Crippen molar-refractivity contribution in [2.75, 3.05) is 26.3 Å². The molecule has 72 valence electrons. The molecule has 0 atom stereocenters. The van der Waals surface area contributed by atoms with Crippen LogP contribution < -0.4 is 0 Å². The molecule has 0 aromatic rings. The summed E-state index contributed by atoms with van der Waals surface area (Å²) in [4.78, 5) is 15.5. The van der Waals surface area contributed by atoms with Crippen LogP contribution in [-0.2, 0) is 9.63 Å². The Hall–Kier alpha value is -0.650. The quantitative estimate of drug-likeness (QED) is 0.517. The fourth-order valence-electron chi connectivity index (χ4n) is 0.635. The molecule has 5 nitrogen and oxygen atoms in total. The van der Waals surface area contributed by atoms with Gasteiger partial charge in [-0.2, -0.15) is 0 Å². The highest BCUT2D eigenvalue weighted by Crippen LogP contribution is 1.92. The summed E-state index contributed by atoms with van der Waals surface area (Å²) in [5, 5.41) is 18.3. The van der Waals surface area contributed by atoms with Crippen LogP contribution in [-0.4, -0.2) is 47.5 Å². The van der Waals surface area contributed by atoms with Crippen molar-refractivity contribution in [2.24, 2.45) is 0 Å². The number of carbonyl (C=O) groups excluding carboxylic acids is 1. The van der Waals surface area contributed by atoms with E-state index < -0.39 is 0 Å². The normalized spacial score (nSPS) is 10.3. The lowest BCUT2D eigenvalue weighted by atomic mass is 10.5. The van der Waals surface area contributed by atoms with Crippen molar-refractivity contribution in [2.45, 2.75) is 13.3 Å². The first-order valence-electron chi connectivity index (χ1n) is 3.92. The van der Waals surface area contributed by atoms with Gasteiger partial charge in [0.2, 0.25) is 0 Å². The number of hydroxylamine groups is 2. The Bertz CT molecular complexity index is 123. The molecule has 0 heterocycles. The van der Waals surface area contributed by atoms with E-state index in [9.17, 15) is 4.79 Å². The van der Waals surface area contributed by atoms with Gasteiger partial charge >= 0.3 is 5.97 Å². The number of hydrogen-bond donors (Lipinski definition) is 2. The third-order valence-electron chi connectivity index (χ3n) is 1.22. The third-order valence-corrected chi connectivity index (χ3v) is 1.22. The lowest BCUT2D eigenvalue weighted by molar-refractivity contribution is -0.193. The molecule has 12 heavy (non-hydrogen) atoms. The SMILES string of the molecule is CCC(=O)ON(CCO)CCO. The van der Waals surface area contributed by atoms with E-state index >= 15 is 0 Å². The standard InChI is InChI=1S/C7H15NO4/c1-2-7(11)12-8(3-5-9)4-6-10/h9-10H,2-6H2,1H3. The van der Waals surface area contributed by atoms with Gasteiger partial charge in [0.15, 0.2) is 0 Å².